The van der Waals surface area contributed by atoms with Gasteiger partial charge in [-0.05, 0) is 188 Å². The van der Waals surface area contributed by atoms with Crippen molar-refractivity contribution < 1.29 is 8.83 Å². The fourth-order valence-electron chi connectivity index (χ4n) is 14.0. The number of aromatic nitrogens is 4. The molecule has 0 amide bonds. The summed E-state index contributed by atoms with van der Waals surface area (Å²) in [6.07, 6.45) is 0. The summed E-state index contributed by atoms with van der Waals surface area (Å²) >= 11 is 0. The van der Waals surface area contributed by atoms with Gasteiger partial charge in [0.15, 0.2) is 11.2 Å². The Bertz CT molecular complexity index is 5700. The van der Waals surface area contributed by atoms with Gasteiger partial charge >= 0.3 is 0 Å². The fraction of sp³-hybridized carbons (Fsp3) is 0.0370. The molecule has 4 heterocycles. The molecule has 0 saturated carbocycles. The number of hydrogen-bond donors (Lipinski definition) is 0. The van der Waals surface area contributed by atoms with E-state index < -0.39 is 0 Å². The van der Waals surface area contributed by atoms with Gasteiger partial charge in [0, 0.05) is 22.1 Å². The van der Waals surface area contributed by atoms with Crippen molar-refractivity contribution in [3.8, 4) is 90.2 Å². The van der Waals surface area contributed by atoms with Gasteiger partial charge in [0.2, 0.25) is 11.8 Å². The van der Waals surface area contributed by atoms with Gasteiger partial charge < -0.3 is 8.83 Å². The second kappa shape index (κ2) is 18.8. The van der Waals surface area contributed by atoms with Crippen molar-refractivity contribution in [3.05, 3.63) is 278 Å². The van der Waals surface area contributed by atoms with E-state index in [0.29, 0.717) is 28.8 Å². The Labute approximate surface area is 500 Å². The van der Waals surface area contributed by atoms with E-state index in [1.807, 2.05) is 60.7 Å². The van der Waals surface area contributed by atoms with Gasteiger partial charge in [-0.3, -0.25) is 0 Å². The molecule has 1 aliphatic carbocycles. The summed E-state index contributed by atoms with van der Waals surface area (Å²) in [5, 5.41) is 14.3. The predicted molar refractivity (Wildman–Crippen MR) is 358 cm³/mol. The van der Waals surface area contributed by atoms with Crippen LogP contribution in [0.5, 0.6) is 0 Å². The number of rotatable bonds is 7. The molecule has 6 nitrogen and oxygen atoms in total. The Kier molecular flexibility index (Phi) is 10.6. The van der Waals surface area contributed by atoms with Crippen LogP contribution in [0, 0.1) is 0 Å². The highest BCUT2D eigenvalue weighted by molar-refractivity contribution is 6.27. The summed E-state index contributed by atoms with van der Waals surface area (Å²) in [7, 11) is 0. The molecule has 0 saturated heterocycles. The van der Waals surface area contributed by atoms with Crippen LogP contribution in [0.15, 0.2) is 276 Å². The number of oxazole rings is 2. The van der Waals surface area contributed by atoms with Crippen LogP contribution in [-0.2, 0) is 5.41 Å². The predicted octanol–water partition coefficient (Wildman–Crippen LogP) is 21.7. The van der Waals surface area contributed by atoms with Gasteiger partial charge in [-0.2, -0.15) is 0 Å². The zero-order valence-corrected chi connectivity index (χ0v) is 47.5. The van der Waals surface area contributed by atoms with Crippen molar-refractivity contribution in [1.82, 2.24) is 19.9 Å². The molecule has 0 aliphatic heterocycles. The summed E-state index contributed by atoms with van der Waals surface area (Å²) in [5.41, 5.74) is 20.4. The summed E-state index contributed by atoms with van der Waals surface area (Å²) in [6.45, 7) is 4.69. The first-order chi connectivity index (χ1) is 42.8. The number of benzene rings is 13. The van der Waals surface area contributed by atoms with Gasteiger partial charge in [-0.1, -0.05) is 208 Å². The molecular weight excluding hydrogens is 1060 g/mol. The largest absolute Gasteiger partial charge is 0.435 e. The van der Waals surface area contributed by atoms with Gasteiger partial charge in [0.1, 0.15) is 22.4 Å². The van der Waals surface area contributed by atoms with E-state index in [1.54, 1.807) is 0 Å². The van der Waals surface area contributed by atoms with E-state index in [1.165, 1.54) is 98.4 Å². The van der Waals surface area contributed by atoms with Crippen LogP contribution in [0.1, 0.15) is 25.0 Å². The molecule has 17 aromatic rings. The molecule has 6 heteroatoms. The first kappa shape index (κ1) is 49.1. The molecule has 0 bridgehead atoms. The van der Waals surface area contributed by atoms with E-state index in [9.17, 15) is 0 Å². The average molecular weight is 1110 g/mol. The van der Waals surface area contributed by atoms with Crippen LogP contribution >= 0.6 is 0 Å². The Hall–Kier alpha value is -11.3. The van der Waals surface area contributed by atoms with Crippen molar-refractivity contribution in [2.75, 3.05) is 0 Å². The summed E-state index contributed by atoms with van der Waals surface area (Å²) in [6, 6.07) is 95.6. The van der Waals surface area contributed by atoms with Crippen LogP contribution in [0.4, 0.5) is 0 Å². The minimum atomic E-state index is -0.0456. The van der Waals surface area contributed by atoms with E-state index in [2.05, 4.69) is 220 Å². The number of hydrogen-bond acceptors (Lipinski definition) is 6. The number of fused-ring (bicyclic) bond motifs is 17. The van der Waals surface area contributed by atoms with E-state index in [4.69, 9.17) is 28.8 Å². The monoisotopic (exact) mass is 1110 g/mol. The third kappa shape index (κ3) is 7.74. The van der Waals surface area contributed by atoms with Crippen LogP contribution in [0.3, 0.4) is 0 Å². The minimum Gasteiger partial charge on any atom is -0.435 e. The van der Waals surface area contributed by atoms with Crippen LogP contribution in [0.25, 0.3) is 177 Å². The third-order valence-electron chi connectivity index (χ3n) is 18.4. The lowest BCUT2D eigenvalue weighted by molar-refractivity contribution is 0.616. The zero-order valence-electron chi connectivity index (χ0n) is 47.5. The molecule has 0 unspecified atom stereocenters. The minimum absolute atomic E-state index is 0.0456. The topological polar surface area (TPSA) is 77.8 Å². The van der Waals surface area contributed by atoms with Gasteiger partial charge in [0.25, 0.3) is 0 Å². The lowest BCUT2D eigenvalue weighted by atomic mass is 9.81. The van der Waals surface area contributed by atoms with Gasteiger partial charge in [-0.15, -0.1) is 0 Å². The van der Waals surface area contributed by atoms with Crippen molar-refractivity contribution in [2.45, 2.75) is 19.3 Å². The highest BCUT2D eigenvalue weighted by Gasteiger charge is 2.35. The molecule has 0 N–H and O–H groups in total. The normalized spacial score (nSPS) is 12.8. The Balaban J connectivity index is 0.666. The Morgan fingerprint density at radius 2 is 0.655 bits per heavy atom. The maximum Gasteiger partial charge on any atom is 0.246 e. The second-order valence-electron chi connectivity index (χ2n) is 23.6. The molecule has 13 aromatic carbocycles. The Morgan fingerprint density at radius 1 is 0.253 bits per heavy atom. The first-order valence-electron chi connectivity index (χ1n) is 29.7. The summed E-state index contributed by atoms with van der Waals surface area (Å²) < 4.78 is 12.7. The lowest BCUT2D eigenvalue weighted by Crippen LogP contribution is -2.14. The van der Waals surface area contributed by atoms with E-state index in [-0.39, 0.29) is 5.41 Å². The molecular formula is C81H50N4O2. The quantitative estimate of drug-likeness (QED) is 0.148. The van der Waals surface area contributed by atoms with Crippen molar-refractivity contribution in [1.29, 1.82) is 0 Å². The lowest BCUT2D eigenvalue weighted by Gasteiger charge is -2.22. The van der Waals surface area contributed by atoms with Crippen molar-refractivity contribution in [2.24, 2.45) is 0 Å². The third-order valence-corrected chi connectivity index (χ3v) is 18.4. The number of nitrogens with zero attached hydrogens (tertiary/aromatic N) is 4. The maximum absolute atomic E-state index is 6.62. The smallest absolute Gasteiger partial charge is 0.246 e. The number of para-hydroxylation sites is 3. The molecule has 0 radical (unpaired) electrons. The van der Waals surface area contributed by atoms with E-state index >= 15 is 0 Å². The average Bonchev–Trinajstić information content (AvgIpc) is 2.02. The van der Waals surface area contributed by atoms with Crippen LogP contribution in [-0.4, -0.2) is 19.9 Å². The van der Waals surface area contributed by atoms with Gasteiger partial charge in [-0.25, -0.2) is 19.9 Å². The molecule has 18 rings (SSSR count). The highest BCUT2D eigenvalue weighted by Crippen LogP contribution is 2.50. The Morgan fingerprint density at radius 3 is 1.29 bits per heavy atom. The van der Waals surface area contributed by atoms with E-state index in [0.717, 1.165) is 61.0 Å². The summed E-state index contributed by atoms with van der Waals surface area (Å²) in [5.74, 6) is 0.979. The number of pyridine rings is 2. The fourth-order valence-corrected chi connectivity index (χ4v) is 14.0. The molecule has 0 fully saturated rings. The van der Waals surface area contributed by atoms with Crippen molar-refractivity contribution in [3.63, 3.8) is 0 Å². The van der Waals surface area contributed by atoms with Gasteiger partial charge in [0.05, 0.1) is 11.4 Å². The van der Waals surface area contributed by atoms with Crippen LogP contribution in [0.2, 0.25) is 0 Å². The van der Waals surface area contributed by atoms with Crippen LogP contribution < -0.4 is 0 Å². The molecule has 4 aromatic heterocycles. The van der Waals surface area contributed by atoms with Crippen molar-refractivity contribution >= 4 is 86.8 Å². The first-order valence-corrected chi connectivity index (χ1v) is 29.7. The highest BCUT2D eigenvalue weighted by atomic mass is 16.4. The molecule has 0 atom stereocenters. The summed E-state index contributed by atoms with van der Waals surface area (Å²) in [4.78, 5) is 20.2. The maximum atomic E-state index is 6.62. The standard InChI is InChI=1S/C81H50N4O2/c1-81(2)69-20-8-7-18-63(69)64-41-33-50(46-70(64)81)48-30-28-47(29-31-48)49-32-37-59-55-14-3-4-15-56(55)66-43-51(34-38-62(66)65(59)42-49)54-19-11-27-77-78(54)85-80(87-77)75-25-13-23-72(83-75)53-36-40-61-60-39-35-52(44-67(60)57-16-5-6-17-58(57)68(61)45-53)71-22-12-24-74(82-71)79-84-73-21-9-10-26-76(73)86-79/h3-46H,1-2H3. The molecule has 1 aliphatic rings. The molecule has 0 spiro atoms. The molecule has 87 heavy (non-hydrogen) atoms. The molecule has 406 valence electrons. The second-order valence-corrected chi connectivity index (χ2v) is 23.6. The SMILES string of the molecule is CC1(C)c2ccccc2-c2ccc(-c3ccc(-c4ccc5c6ccccc6c6cc(-c7cccc8oc(-c9cccc(-c%10ccc%11c%12ccc(-c%13cccc(-c%14nc%15ccccc%15o%14)n%13)cc%12c%12ccccc%12c%11c%10)n9)nc78)ccc6c5c4)cc3)cc21. The zero-order chi connectivity index (χ0) is 57.5.